The number of carbonyl (C=O) groups is 1. The second-order valence-corrected chi connectivity index (χ2v) is 22.7. The van der Waals surface area contributed by atoms with E-state index in [-0.39, 0.29) is 12.2 Å². The SMILES string of the molecule is CCC[CH2][Sn]([C]#CCC1CN(C(=O)OC(C)(C)C)C(C)(C)O1)([CH2]CCC)[CH2]CCC. The van der Waals surface area contributed by atoms with E-state index in [1.54, 1.807) is 4.90 Å². The van der Waals surface area contributed by atoms with E-state index in [2.05, 4.69) is 30.6 Å². The summed E-state index contributed by atoms with van der Waals surface area (Å²) in [5, 5.41) is 0. The minimum atomic E-state index is -2.43. The van der Waals surface area contributed by atoms with Gasteiger partial charge in [-0.1, -0.05) is 0 Å². The molecule has 0 aromatic rings. The molecule has 5 heteroatoms. The van der Waals surface area contributed by atoms with E-state index in [1.165, 1.54) is 51.8 Å². The second-order valence-electron chi connectivity index (χ2n) is 10.4. The molecular formula is C25H47NO3Sn. The van der Waals surface area contributed by atoms with E-state index < -0.39 is 29.7 Å². The third kappa shape index (κ3) is 9.38. The van der Waals surface area contributed by atoms with Crippen molar-refractivity contribution < 1.29 is 14.3 Å². The second kappa shape index (κ2) is 12.6. The van der Waals surface area contributed by atoms with Crippen molar-refractivity contribution in [2.45, 2.75) is 131 Å². The molecule has 0 radical (unpaired) electrons. The van der Waals surface area contributed by atoms with Gasteiger partial charge < -0.3 is 0 Å². The van der Waals surface area contributed by atoms with Crippen molar-refractivity contribution in [2.75, 3.05) is 6.54 Å². The molecule has 1 fully saturated rings. The fourth-order valence-corrected chi connectivity index (χ4v) is 17.5. The Morgan fingerprint density at radius 3 is 2.00 bits per heavy atom. The predicted molar refractivity (Wildman–Crippen MR) is 129 cm³/mol. The Kier molecular flexibility index (Phi) is 11.6. The Morgan fingerprint density at radius 1 is 1.07 bits per heavy atom. The fourth-order valence-electron chi connectivity index (χ4n) is 4.11. The molecule has 0 N–H and O–H groups in total. The van der Waals surface area contributed by atoms with E-state index >= 15 is 0 Å². The molecule has 0 spiro atoms. The van der Waals surface area contributed by atoms with Gasteiger partial charge in [0.15, 0.2) is 0 Å². The van der Waals surface area contributed by atoms with E-state index in [0.29, 0.717) is 13.0 Å². The minimum absolute atomic E-state index is 0.0347. The Labute approximate surface area is 190 Å². The van der Waals surface area contributed by atoms with E-state index in [0.717, 1.165) is 0 Å². The molecule has 0 saturated carbocycles. The Hall–Kier alpha value is -0.411. The van der Waals surface area contributed by atoms with Crippen molar-refractivity contribution in [2.24, 2.45) is 0 Å². The zero-order valence-electron chi connectivity index (χ0n) is 21.0. The normalized spacial score (nSPS) is 18.8. The van der Waals surface area contributed by atoms with Crippen LogP contribution in [0.1, 0.15) is 100 Å². The van der Waals surface area contributed by atoms with Crippen LogP contribution in [0.3, 0.4) is 0 Å². The van der Waals surface area contributed by atoms with Gasteiger partial charge in [0.05, 0.1) is 0 Å². The van der Waals surface area contributed by atoms with Crippen LogP contribution in [-0.4, -0.2) is 53.3 Å². The van der Waals surface area contributed by atoms with Gasteiger partial charge in [-0.25, -0.2) is 0 Å². The summed E-state index contributed by atoms with van der Waals surface area (Å²) < 4.78 is 19.9. The summed E-state index contributed by atoms with van der Waals surface area (Å²) in [4.78, 5) is 14.3. The first kappa shape index (κ1) is 27.6. The van der Waals surface area contributed by atoms with Crippen LogP contribution in [0.5, 0.6) is 0 Å². The van der Waals surface area contributed by atoms with Crippen molar-refractivity contribution in [3.63, 3.8) is 0 Å². The molecule has 174 valence electrons. The van der Waals surface area contributed by atoms with Gasteiger partial charge in [-0.2, -0.15) is 0 Å². The maximum atomic E-state index is 12.6. The topological polar surface area (TPSA) is 38.8 Å². The molecule has 1 saturated heterocycles. The van der Waals surface area contributed by atoms with E-state index in [9.17, 15) is 4.79 Å². The van der Waals surface area contributed by atoms with Crippen LogP contribution in [0, 0.1) is 9.86 Å². The number of hydrogen-bond donors (Lipinski definition) is 0. The van der Waals surface area contributed by atoms with Crippen LogP contribution in [0.2, 0.25) is 13.3 Å². The molecule has 0 bridgehead atoms. The van der Waals surface area contributed by atoms with Gasteiger partial charge in [0, 0.05) is 0 Å². The molecule has 4 nitrogen and oxygen atoms in total. The molecule has 1 aliphatic heterocycles. The van der Waals surface area contributed by atoms with Gasteiger partial charge in [0.2, 0.25) is 0 Å². The maximum absolute atomic E-state index is 12.6. The van der Waals surface area contributed by atoms with Gasteiger partial charge in [0.1, 0.15) is 0 Å². The van der Waals surface area contributed by atoms with Gasteiger partial charge in [-0.3, -0.25) is 0 Å². The third-order valence-corrected chi connectivity index (χ3v) is 19.1. The first-order valence-corrected chi connectivity index (χ1v) is 19.6. The Balaban J connectivity index is 2.87. The van der Waals surface area contributed by atoms with Crippen LogP contribution in [0.15, 0.2) is 0 Å². The van der Waals surface area contributed by atoms with Gasteiger partial charge in [-0.05, 0) is 0 Å². The molecule has 1 heterocycles. The van der Waals surface area contributed by atoms with Crippen molar-refractivity contribution in [3.8, 4) is 9.86 Å². The quantitative estimate of drug-likeness (QED) is 0.224. The number of nitrogens with zero attached hydrogens (tertiary/aromatic N) is 1. The molecule has 1 atom stereocenters. The van der Waals surface area contributed by atoms with Crippen LogP contribution in [0.25, 0.3) is 0 Å². The molecule has 1 unspecified atom stereocenters. The summed E-state index contributed by atoms with van der Waals surface area (Å²) in [7, 11) is 0. The van der Waals surface area contributed by atoms with E-state index in [4.69, 9.17) is 9.47 Å². The van der Waals surface area contributed by atoms with Gasteiger partial charge in [0.25, 0.3) is 0 Å². The summed E-state index contributed by atoms with van der Waals surface area (Å²) in [6.45, 7) is 17.0. The standard InChI is InChI=1S/C13H20NO3.3C4H9.Sn/c1-7-8-10-9-14(13(5,6)16-10)11(15)17-12(2,3)4;3*1-3-4-2;/h10H,8-9H2,2-6H3;3*1,3-4H2,2H3;. The first-order chi connectivity index (χ1) is 14.0. The molecule has 0 aromatic carbocycles. The number of unbranched alkanes of at least 4 members (excludes halogenated alkanes) is 3. The molecule has 1 amide bonds. The number of amides is 1. The molecule has 30 heavy (non-hydrogen) atoms. The molecule has 0 aliphatic carbocycles. The molecule has 0 aromatic heterocycles. The Bertz CT molecular complexity index is 564. The van der Waals surface area contributed by atoms with Gasteiger partial charge in [-0.15, -0.1) is 0 Å². The van der Waals surface area contributed by atoms with Crippen molar-refractivity contribution in [1.82, 2.24) is 4.90 Å². The Morgan fingerprint density at radius 2 is 1.57 bits per heavy atom. The molecule has 1 aliphatic rings. The van der Waals surface area contributed by atoms with E-state index in [1.807, 2.05) is 34.6 Å². The number of hydrogen-bond acceptors (Lipinski definition) is 3. The molecular weight excluding hydrogens is 481 g/mol. The molecule has 1 rings (SSSR count). The summed E-state index contributed by atoms with van der Waals surface area (Å²) in [5.74, 6) is 3.58. The number of carbonyl (C=O) groups excluding carboxylic acids is 1. The summed E-state index contributed by atoms with van der Waals surface area (Å²) >= 11 is -2.43. The van der Waals surface area contributed by atoms with Crippen LogP contribution in [0.4, 0.5) is 4.79 Å². The summed E-state index contributed by atoms with van der Waals surface area (Å²) in [6, 6.07) is 0. The van der Waals surface area contributed by atoms with Crippen molar-refractivity contribution >= 4 is 24.5 Å². The summed E-state index contributed by atoms with van der Waals surface area (Å²) in [6.07, 6.45) is 8.17. The fraction of sp³-hybridized carbons (Fsp3) is 0.880. The number of ether oxygens (including phenoxy) is 2. The first-order valence-electron chi connectivity index (χ1n) is 12.2. The van der Waals surface area contributed by atoms with Crippen molar-refractivity contribution in [3.05, 3.63) is 0 Å². The van der Waals surface area contributed by atoms with Crippen LogP contribution < -0.4 is 0 Å². The summed E-state index contributed by atoms with van der Waals surface area (Å²) in [5.41, 5.74) is -1.15. The third-order valence-electron chi connectivity index (χ3n) is 5.82. The average Bonchev–Trinajstić information content (AvgIpc) is 2.95. The predicted octanol–water partition coefficient (Wildman–Crippen LogP) is 7.14. The van der Waals surface area contributed by atoms with Crippen molar-refractivity contribution in [1.29, 1.82) is 0 Å². The van der Waals surface area contributed by atoms with Crippen LogP contribution >= 0.6 is 0 Å². The average molecular weight is 528 g/mol. The van der Waals surface area contributed by atoms with Gasteiger partial charge >= 0.3 is 191 Å². The zero-order valence-corrected chi connectivity index (χ0v) is 23.9. The van der Waals surface area contributed by atoms with Crippen LogP contribution in [-0.2, 0) is 9.47 Å². The number of rotatable bonds is 10. The monoisotopic (exact) mass is 529 g/mol. The zero-order chi connectivity index (χ0) is 22.8.